The van der Waals surface area contributed by atoms with Crippen LogP contribution >= 0.6 is 0 Å². The zero-order valence-electron chi connectivity index (χ0n) is 25.4. The summed E-state index contributed by atoms with van der Waals surface area (Å²) in [6, 6.07) is 16.2. The first-order valence-electron chi connectivity index (χ1n) is 14.9. The highest BCUT2D eigenvalue weighted by Crippen LogP contribution is 2.35. The lowest BCUT2D eigenvalue weighted by Gasteiger charge is -2.17. The summed E-state index contributed by atoms with van der Waals surface area (Å²) < 4.78 is 0. The second kappa shape index (κ2) is 12.7. The molecule has 0 unspecified atom stereocenters. The predicted octanol–water partition coefficient (Wildman–Crippen LogP) is 8.15. The summed E-state index contributed by atoms with van der Waals surface area (Å²) in [6.07, 6.45) is 4.52. The molecule has 0 atom stereocenters. The molecule has 0 fully saturated rings. The fourth-order valence-corrected chi connectivity index (χ4v) is 6.00. The maximum absolute atomic E-state index is 11.4. The molecule has 4 nitrogen and oxygen atoms in total. The van der Waals surface area contributed by atoms with Crippen LogP contribution in [0, 0.1) is 13.8 Å². The lowest BCUT2D eigenvalue weighted by atomic mass is 9.91. The first kappa shape index (κ1) is 30.0. The van der Waals surface area contributed by atoms with Crippen LogP contribution in [0.3, 0.4) is 0 Å². The number of hydrogen-bond donors (Lipinski definition) is 4. The van der Waals surface area contributed by atoms with E-state index in [1.807, 2.05) is 90.1 Å². The first-order chi connectivity index (χ1) is 19.6. The van der Waals surface area contributed by atoms with Gasteiger partial charge in [0.05, 0.1) is 0 Å². The van der Waals surface area contributed by atoms with Gasteiger partial charge in [0.2, 0.25) is 0 Å². The van der Waals surface area contributed by atoms with Gasteiger partial charge in [0.25, 0.3) is 0 Å². The van der Waals surface area contributed by atoms with Gasteiger partial charge in [-0.1, -0.05) is 87.4 Å². The number of aromatic hydroxyl groups is 4. The summed E-state index contributed by atoms with van der Waals surface area (Å²) >= 11 is 0. The lowest BCUT2D eigenvalue weighted by Crippen LogP contribution is -2.01. The highest BCUT2D eigenvalue weighted by atomic mass is 16.3. The van der Waals surface area contributed by atoms with Crippen molar-refractivity contribution >= 4 is 0 Å². The standard InChI is InChI=1S/C37H44O4/c1-7-26-15-24(16-27(8-2)34(26)38)19-30-11-22(5)13-32(36(30)40)21-33-14-23(6)12-31(37(33)41)20-25-17-28(9-3)35(39)29(10-4)18-25/h11-18,38-41H,7-10,19-21H2,1-6H3. The van der Waals surface area contributed by atoms with Crippen LogP contribution in [-0.4, -0.2) is 20.4 Å². The summed E-state index contributed by atoms with van der Waals surface area (Å²) in [5, 5.41) is 43.9. The molecular weight excluding hydrogens is 508 g/mol. The summed E-state index contributed by atoms with van der Waals surface area (Å²) in [6.45, 7) is 12.2. The number of phenolic OH excluding ortho intramolecular Hbond substituents is 4. The number of aryl methyl sites for hydroxylation is 6. The number of rotatable bonds is 10. The third kappa shape index (κ3) is 6.53. The SMILES string of the molecule is CCc1cc(Cc2cc(C)cc(Cc3cc(C)cc(Cc4cc(CC)c(O)c(CC)c4)c3O)c2O)cc(CC)c1O. The molecule has 0 amide bonds. The highest BCUT2D eigenvalue weighted by Gasteiger charge is 2.17. The molecule has 0 aliphatic rings. The van der Waals surface area contributed by atoms with E-state index in [2.05, 4.69) is 0 Å². The lowest BCUT2D eigenvalue weighted by molar-refractivity contribution is 0.456. The molecule has 0 spiro atoms. The molecule has 0 aliphatic heterocycles. The van der Waals surface area contributed by atoms with Crippen molar-refractivity contribution in [3.63, 3.8) is 0 Å². The van der Waals surface area contributed by atoms with E-state index in [0.717, 1.165) is 92.4 Å². The number of phenols is 4. The maximum Gasteiger partial charge on any atom is 0.122 e. The van der Waals surface area contributed by atoms with Crippen LogP contribution in [0.1, 0.15) is 94.5 Å². The molecule has 4 aromatic carbocycles. The largest absolute Gasteiger partial charge is 0.507 e. The average Bonchev–Trinajstić information content (AvgIpc) is 2.95. The molecule has 0 radical (unpaired) electrons. The Labute approximate surface area is 245 Å². The Kier molecular flexibility index (Phi) is 9.32. The third-order valence-corrected chi connectivity index (χ3v) is 8.17. The van der Waals surface area contributed by atoms with Gasteiger partial charge in [0.1, 0.15) is 23.0 Å². The van der Waals surface area contributed by atoms with Crippen molar-refractivity contribution in [2.75, 3.05) is 0 Å². The Balaban J connectivity index is 1.68. The second-order valence-corrected chi connectivity index (χ2v) is 11.3. The molecule has 216 valence electrons. The first-order valence-corrected chi connectivity index (χ1v) is 14.9. The van der Waals surface area contributed by atoms with Crippen molar-refractivity contribution in [3.05, 3.63) is 115 Å². The minimum Gasteiger partial charge on any atom is -0.507 e. The molecule has 4 aromatic rings. The van der Waals surface area contributed by atoms with E-state index < -0.39 is 0 Å². The maximum atomic E-state index is 11.4. The van der Waals surface area contributed by atoms with Crippen molar-refractivity contribution in [1.29, 1.82) is 0 Å². The van der Waals surface area contributed by atoms with Gasteiger partial charge >= 0.3 is 0 Å². The molecule has 0 aliphatic carbocycles. The van der Waals surface area contributed by atoms with Crippen LogP contribution in [0.5, 0.6) is 23.0 Å². The molecule has 4 heteroatoms. The van der Waals surface area contributed by atoms with Gasteiger partial charge in [-0.05, 0) is 95.2 Å². The fraction of sp³-hybridized carbons (Fsp3) is 0.351. The topological polar surface area (TPSA) is 80.9 Å². The van der Waals surface area contributed by atoms with Gasteiger partial charge in [-0.2, -0.15) is 0 Å². The van der Waals surface area contributed by atoms with Crippen molar-refractivity contribution in [1.82, 2.24) is 0 Å². The average molecular weight is 553 g/mol. The Morgan fingerprint density at radius 3 is 0.878 bits per heavy atom. The minimum atomic E-state index is 0.251. The Bertz CT molecular complexity index is 1400. The van der Waals surface area contributed by atoms with Gasteiger partial charge in [0.15, 0.2) is 0 Å². The van der Waals surface area contributed by atoms with E-state index in [1.54, 1.807) is 0 Å². The van der Waals surface area contributed by atoms with Crippen LogP contribution in [0.4, 0.5) is 0 Å². The molecular formula is C37H44O4. The molecule has 0 saturated heterocycles. The Morgan fingerprint density at radius 2 is 0.610 bits per heavy atom. The minimum absolute atomic E-state index is 0.251. The van der Waals surface area contributed by atoms with Gasteiger partial charge in [-0.15, -0.1) is 0 Å². The number of benzene rings is 4. The van der Waals surface area contributed by atoms with Gasteiger partial charge < -0.3 is 20.4 Å². The molecule has 0 heterocycles. The van der Waals surface area contributed by atoms with Gasteiger partial charge in [0, 0.05) is 19.3 Å². The van der Waals surface area contributed by atoms with Crippen LogP contribution in [-0.2, 0) is 44.9 Å². The van der Waals surface area contributed by atoms with E-state index in [1.165, 1.54) is 0 Å². The third-order valence-electron chi connectivity index (χ3n) is 8.17. The monoisotopic (exact) mass is 552 g/mol. The van der Waals surface area contributed by atoms with Gasteiger partial charge in [-0.3, -0.25) is 0 Å². The van der Waals surface area contributed by atoms with Crippen molar-refractivity contribution in [3.8, 4) is 23.0 Å². The quantitative estimate of drug-likeness (QED) is 0.160. The van der Waals surface area contributed by atoms with Crippen LogP contribution < -0.4 is 0 Å². The zero-order valence-corrected chi connectivity index (χ0v) is 25.4. The van der Waals surface area contributed by atoms with E-state index in [-0.39, 0.29) is 11.5 Å². The zero-order chi connectivity index (χ0) is 29.8. The van der Waals surface area contributed by atoms with E-state index in [4.69, 9.17) is 0 Å². The van der Waals surface area contributed by atoms with E-state index in [9.17, 15) is 20.4 Å². The molecule has 0 saturated carbocycles. The second-order valence-electron chi connectivity index (χ2n) is 11.3. The predicted molar refractivity (Wildman–Crippen MR) is 168 cm³/mol. The Hall–Kier alpha value is -3.92. The molecule has 41 heavy (non-hydrogen) atoms. The summed E-state index contributed by atoms with van der Waals surface area (Å²) in [7, 11) is 0. The number of hydrogen-bond acceptors (Lipinski definition) is 4. The van der Waals surface area contributed by atoms with Crippen LogP contribution in [0.15, 0.2) is 48.5 Å². The highest BCUT2D eigenvalue weighted by molar-refractivity contribution is 5.54. The van der Waals surface area contributed by atoms with Crippen molar-refractivity contribution < 1.29 is 20.4 Å². The summed E-state index contributed by atoms with van der Waals surface area (Å²) in [4.78, 5) is 0. The normalized spacial score (nSPS) is 11.3. The Morgan fingerprint density at radius 1 is 0.366 bits per heavy atom. The van der Waals surface area contributed by atoms with Crippen LogP contribution in [0.25, 0.3) is 0 Å². The smallest absolute Gasteiger partial charge is 0.122 e. The van der Waals surface area contributed by atoms with Crippen molar-refractivity contribution in [2.24, 2.45) is 0 Å². The summed E-state index contributed by atoms with van der Waals surface area (Å²) in [5.41, 5.74) is 11.2. The van der Waals surface area contributed by atoms with Crippen molar-refractivity contribution in [2.45, 2.75) is 86.5 Å². The van der Waals surface area contributed by atoms with E-state index >= 15 is 0 Å². The van der Waals surface area contributed by atoms with E-state index in [0.29, 0.717) is 30.8 Å². The molecule has 4 rings (SSSR count). The fourth-order valence-electron chi connectivity index (χ4n) is 6.00. The summed E-state index contributed by atoms with van der Waals surface area (Å²) in [5.74, 6) is 1.26. The molecule has 4 N–H and O–H groups in total. The molecule has 0 aromatic heterocycles. The van der Waals surface area contributed by atoms with Gasteiger partial charge in [-0.25, -0.2) is 0 Å². The van der Waals surface area contributed by atoms with Crippen LogP contribution in [0.2, 0.25) is 0 Å². The molecule has 0 bridgehead atoms.